The third-order valence-electron chi connectivity index (χ3n) is 6.51. The molecule has 1 aliphatic heterocycles. The van der Waals surface area contributed by atoms with Crippen LogP contribution in [0.15, 0.2) is 66.7 Å². The summed E-state index contributed by atoms with van der Waals surface area (Å²) < 4.78 is 22.0. The van der Waals surface area contributed by atoms with Crippen molar-refractivity contribution in [3.8, 4) is 17.2 Å². The Hall–Kier alpha value is -4.28. The number of hydrogen-bond donors (Lipinski definition) is 2. The number of amides is 1. The fourth-order valence-corrected chi connectivity index (χ4v) is 4.93. The number of aliphatic carboxylic acids is 1. The topological polar surface area (TPSA) is 124 Å². The number of nitrogens with zero attached hydrogens (tertiary/aromatic N) is 1. The maximum Gasteiger partial charge on any atom is 0.347 e. The third kappa shape index (κ3) is 5.68. The van der Waals surface area contributed by atoms with Crippen molar-refractivity contribution >= 4 is 35.1 Å². The smallest absolute Gasteiger partial charge is 0.347 e. The van der Waals surface area contributed by atoms with Crippen LogP contribution in [-0.4, -0.2) is 63.0 Å². The van der Waals surface area contributed by atoms with E-state index in [2.05, 4.69) is 5.32 Å². The predicted molar refractivity (Wildman–Crippen MR) is 147 cm³/mol. The van der Waals surface area contributed by atoms with Crippen molar-refractivity contribution in [1.82, 2.24) is 5.32 Å². The second kappa shape index (κ2) is 12.3. The molecule has 0 saturated carbocycles. The van der Waals surface area contributed by atoms with Crippen LogP contribution >= 0.6 is 11.6 Å². The minimum Gasteiger partial charge on any atom is -0.496 e. The summed E-state index contributed by atoms with van der Waals surface area (Å²) in [5, 5.41) is 14.1. The summed E-state index contributed by atoms with van der Waals surface area (Å²) in [6.45, 7) is 1.11. The number of ether oxygens (including phenoxy) is 4. The maximum atomic E-state index is 13.4. The Labute approximate surface area is 236 Å². The van der Waals surface area contributed by atoms with Crippen LogP contribution < -0.4 is 24.4 Å². The zero-order valence-electron chi connectivity index (χ0n) is 22.2. The molecule has 0 saturated heterocycles. The highest BCUT2D eigenvalue weighted by atomic mass is 35.5. The quantitative estimate of drug-likeness (QED) is 0.353. The molecule has 0 fully saturated rings. The monoisotopic (exact) mass is 568 g/mol. The second-order valence-electron chi connectivity index (χ2n) is 8.86. The van der Waals surface area contributed by atoms with E-state index in [-0.39, 0.29) is 31.1 Å². The Balaban J connectivity index is 1.98. The van der Waals surface area contributed by atoms with E-state index >= 15 is 0 Å². The Morgan fingerprint density at radius 1 is 1.02 bits per heavy atom. The van der Waals surface area contributed by atoms with Gasteiger partial charge < -0.3 is 24.1 Å². The highest BCUT2D eigenvalue weighted by Crippen LogP contribution is 2.44. The van der Waals surface area contributed by atoms with Gasteiger partial charge in [0.25, 0.3) is 0 Å². The first-order valence-corrected chi connectivity index (χ1v) is 12.8. The van der Waals surface area contributed by atoms with Gasteiger partial charge in [-0.25, -0.2) is 4.79 Å². The van der Waals surface area contributed by atoms with Crippen LogP contribution in [0.4, 0.5) is 5.69 Å². The number of carboxylic acids is 1. The number of anilines is 1. The molecule has 2 N–H and O–H groups in total. The Bertz CT molecular complexity index is 1380. The fraction of sp³-hybridized carbons (Fsp3) is 0.276. The first kappa shape index (κ1) is 28.7. The minimum atomic E-state index is -1.65. The summed E-state index contributed by atoms with van der Waals surface area (Å²) in [7, 11) is 2.93. The lowest BCUT2D eigenvalue weighted by Gasteiger charge is -2.40. The lowest BCUT2D eigenvalue weighted by Crippen LogP contribution is -2.58. The molecule has 1 aliphatic rings. The summed E-state index contributed by atoms with van der Waals surface area (Å²) in [6, 6.07) is 18.1. The van der Waals surface area contributed by atoms with E-state index in [9.17, 15) is 19.5 Å². The molecule has 0 spiro atoms. The number of methoxy groups -OCH3 is 2. The summed E-state index contributed by atoms with van der Waals surface area (Å²) in [5.74, 6) is -1.47. The van der Waals surface area contributed by atoms with Gasteiger partial charge in [0.05, 0.1) is 33.1 Å². The lowest BCUT2D eigenvalue weighted by atomic mass is 9.77. The van der Waals surface area contributed by atoms with Gasteiger partial charge in [0, 0.05) is 28.8 Å². The average Bonchev–Trinajstić information content (AvgIpc) is 3.06. The molecular formula is C29H29ClN2O8. The van der Waals surface area contributed by atoms with Gasteiger partial charge in [0.1, 0.15) is 29.3 Å². The molecule has 1 amide bonds. The summed E-state index contributed by atoms with van der Waals surface area (Å²) >= 11 is 6.46. The summed E-state index contributed by atoms with van der Waals surface area (Å²) in [4.78, 5) is 40.3. The van der Waals surface area contributed by atoms with E-state index in [0.717, 1.165) is 0 Å². The van der Waals surface area contributed by atoms with Crippen molar-refractivity contribution in [2.24, 2.45) is 0 Å². The SMILES string of the molecule is CCOC(=O)CN1C(=O)CNC(c2ccccc2)(C(Oc2cc(OC)cc(OC)c2)C(=O)O)c2cc(Cl)ccc21. The molecule has 2 unspecified atom stereocenters. The lowest BCUT2D eigenvalue weighted by molar-refractivity contribution is -0.149. The van der Waals surface area contributed by atoms with E-state index in [0.29, 0.717) is 27.6 Å². The normalized spacial score (nSPS) is 17.3. The van der Waals surface area contributed by atoms with Gasteiger partial charge in [-0.15, -0.1) is 0 Å². The van der Waals surface area contributed by atoms with Crippen molar-refractivity contribution < 1.29 is 38.4 Å². The molecule has 0 radical (unpaired) electrons. The number of carboxylic acid groups (broad SMARTS) is 1. The van der Waals surface area contributed by atoms with Crippen LogP contribution in [0.2, 0.25) is 5.02 Å². The number of benzene rings is 3. The molecule has 3 aromatic carbocycles. The molecule has 11 heteroatoms. The number of fused-ring (bicyclic) bond motifs is 1. The molecule has 0 bridgehead atoms. The van der Waals surface area contributed by atoms with Crippen LogP contribution in [0, 0.1) is 0 Å². The van der Waals surface area contributed by atoms with Gasteiger partial charge >= 0.3 is 11.9 Å². The van der Waals surface area contributed by atoms with Crippen LogP contribution in [0.5, 0.6) is 17.2 Å². The van der Waals surface area contributed by atoms with E-state index in [1.54, 1.807) is 61.5 Å². The molecule has 1 heterocycles. The molecule has 3 aromatic rings. The summed E-state index contributed by atoms with van der Waals surface area (Å²) in [6.07, 6.45) is -1.64. The number of carbonyl (C=O) groups excluding carboxylic acids is 2. The van der Waals surface area contributed by atoms with Gasteiger partial charge in [0.15, 0.2) is 0 Å². The van der Waals surface area contributed by atoms with E-state index in [4.69, 9.17) is 30.5 Å². The molecule has 0 aromatic heterocycles. The van der Waals surface area contributed by atoms with Crippen LogP contribution in [0.25, 0.3) is 0 Å². The van der Waals surface area contributed by atoms with Crippen molar-refractivity contribution in [1.29, 1.82) is 0 Å². The highest BCUT2D eigenvalue weighted by molar-refractivity contribution is 6.30. The average molecular weight is 569 g/mol. The Morgan fingerprint density at radius 3 is 2.27 bits per heavy atom. The van der Waals surface area contributed by atoms with Gasteiger partial charge in [-0.1, -0.05) is 41.9 Å². The minimum absolute atomic E-state index is 0.138. The molecule has 40 heavy (non-hydrogen) atoms. The van der Waals surface area contributed by atoms with E-state index in [1.807, 2.05) is 0 Å². The maximum absolute atomic E-state index is 13.4. The van der Waals surface area contributed by atoms with Crippen molar-refractivity contribution in [3.05, 3.63) is 82.9 Å². The van der Waals surface area contributed by atoms with Crippen LogP contribution in [0.3, 0.4) is 0 Å². The largest absolute Gasteiger partial charge is 0.496 e. The Morgan fingerprint density at radius 2 is 1.68 bits per heavy atom. The predicted octanol–water partition coefficient (Wildman–Crippen LogP) is 3.63. The first-order valence-electron chi connectivity index (χ1n) is 12.4. The Kier molecular flexibility index (Phi) is 8.81. The zero-order valence-corrected chi connectivity index (χ0v) is 22.9. The third-order valence-corrected chi connectivity index (χ3v) is 6.75. The second-order valence-corrected chi connectivity index (χ2v) is 9.29. The van der Waals surface area contributed by atoms with Gasteiger partial charge in [0.2, 0.25) is 12.0 Å². The highest BCUT2D eigenvalue weighted by Gasteiger charge is 2.52. The van der Waals surface area contributed by atoms with Gasteiger partial charge in [-0.3, -0.25) is 19.8 Å². The standard InChI is InChI=1S/C29H29ClN2O8/c1-4-39-26(34)17-32-24-11-10-19(30)12-23(24)29(31-16-25(32)33,18-8-6-5-7-9-18)27(28(35)36)40-22-14-20(37-2)13-21(15-22)38-3/h5-15,27,31H,4,16-17H2,1-3H3,(H,35,36). The number of esters is 1. The molecule has 4 rings (SSSR count). The number of carbonyl (C=O) groups is 3. The molecule has 210 valence electrons. The van der Waals surface area contributed by atoms with Gasteiger partial charge in [-0.05, 0) is 30.7 Å². The fourth-order valence-electron chi connectivity index (χ4n) is 4.76. The number of nitrogens with one attached hydrogen (secondary N) is 1. The first-order chi connectivity index (χ1) is 19.2. The zero-order chi connectivity index (χ0) is 28.9. The van der Waals surface area contributed by atoms with Crippen molar-refractivity contribution in [2.75, 3.05) is 38.8 Å². The van der Waals surface area contributed by atoms with Crippen LogP contribution in [0.1, 0.15) is 18.1 Å². The number of rotatable bonds is 10. The molecule has 2 atom stereocenters. The number of hydrogen-bond acceptors (Lipinski definition) is 8. The van der Waals surface area contributed by atoms with Crippen molar-refractivity contribution in [3.63, 3.8) is 0 Å². The van der Waals surface area contributed by atoms with E-state index in [1.165, 1.54) is 31.3 Å². The number of halogens is 1. The van der Waals surface area contributed by atoms with Gasteiger partial charge in [-0.2, -0.15) is 0 Å². The molecule has 10 nitrogen and oxygen atoms in total. The van der Waals surface area contributed by atoms with E-state index < -0.39 is 29.5 Å². The van der Waals surface area contributed by atoms with Crippen molar-refractivity contribution in [2.45, 2.75) is 18.6 Å². The molecular weight excluding hydrogens is 540 g/mol. The summed E-state index contributed by atoms with van der Waals surface area (Å²) in [5.41, 5.74) is -0.549. The van der Waals surface area contributed by atoms with Crippen LogP contribution in [-0.2, 0) is 24.7 Å². The molecule has 0 aliphatic carbocycles.